The van der Waals surface area contributed by atoms with Gasteiger partial charge in [-0.3, -0.25) is 4.79 Å². The molecule has 1 unspecified atom stereocenters. The monoisotopic (exact) mass is 449 g/mol. The van der Waals surface area contributed by atoms with Crippen molar-refractivity contribution in [2.45, 2.75) is 38.6 Å². The van der Waals surface area contributed by atoms with E-state index >= 15 is 0 Å². The Morgan fingerprint density at radius 3 is 2.67 bits per heavy atom. The zero-order valence-corrected chi connectivity index (χ0v) is 18.9. The molecule has 0 aliphatic carbocycles. The maximum Gasteiger partial charge on any atom is 0.229 e. The van der Waals surface area contributed by atoms with Gasteiger partial charge >= 0.3 is 0 Å². The van der Waals surface area contributed by atoms with Gasteiger partial charge in [-0.2, -0.15) is 0 Å². The Kier molecular flexibility index (Phi) is 9.03. The number of hydrogen-bond donors (Lipinski definition) is 1. The molecule has 27 heavy (non-hydrogen) atoms. The Labute approximate surface area is 182 Å². The molecule has 1 aromatic carbocycles. The van der Waals surface area contributed by atoms with E-state index < -0.39 is 0 Å². The quantitative estimate of drug-likeness (QED) is 0.740. The van der Waals surface area contributed by atoms with E-state index in [9.17, 15) is 4.79 Å². The number of nitrogens with zero attached hydrogens (tertiary/aromatic N) is 2. The molecule has 0 saturated carbocycles. The fraction of sp³-hybridized carbons (Fsp3) is 0.474. The van der Waals surface area contributed by atoms with Crippen molar-refractivity contribution < 1.29 is 4.79 Å². The molecule has 0 radical (unpaired) electrons. The summed E-state index contributed by atoms with van der Waals surface area (Å²) in [6, 6.07) is 7.73. The van der Waals surface area contributed by atoms with Crippen molar-refractivity contribution in [1.29, 1.82) is 0 Å². The minimum absolute atomic E-state index is 0. The average Bonchev–Trinajstić information content (AvgIpc) is 3.04. The number of nitrogens with one attached hydrogen (secondary N) is 1. The Morgan fingerprint density at radius 2 is 2.04 bits per heavy atom. The number of amides is 1. The second-order valence-electron chi connectivity index (χ2n) is 7.40. The minimum atomic E-state index is -0.0318. The van der Waals surface area contributed by atoms with Crippen LogP contribution in [0.5, 0.6) is 0 Å². The molecule has 1 aromatic heterocycles. The molecule has 2 heterocycles. The lowest BCUT2D eigenvalue weighted by atomic mass is 9.98. The molecular weight excluding hydrogens is 425 g/mol. The topological polar surface area (TPSA) is 45.2 Å². The molecule has 2 aromatic rings. The predicted molar refractivity (Wildman–Crippen MR) is 118 cm³/mol. The highest BCUT2D eigenvalue weighted by Gasteiger charge is 2.29. The maximum atomic E-state index is 12.9. The maximum absolute atomic E-state index is 12.9. The fourth-order valence-corrected chi connectivity index (χ4v) is 4.18. The third-order valence-corrected chi connectivity index (χ3v) is 6.01. The van der Waals surface area contributed by atoms with E-state index in [0.717, 1.165) is 29.4 Å². The van der Waals surface area contributed by atoms with Crippen LogP contribution in [0.2, 0.25) is 5.02 Å². The number of hydrogen-bond acceptors (Lipinski definition) is 4. The molecular formula is C19H26Cl3N3OS. The summed E-state index contributed by atoms with van der Waals surface area (Å²) in [4.78, 5) is 19.5. The third kappa shape index (κ3) is 5.81. The van der Waals surface area contributed by atoms with E-state index in [4.69, 9.17) is 11.6 Å². The molecule has 1 aliphatic rings. The first kappa shape index (κ1) is 24.2. The number of benzene rings is 1. The molecule has 1 aliphatic heterocycles. The summed E-state index contributed by atoms with van der Waals surface area (Å²) < 4.78 is 0. The van der Waals surface area contributed by atoms with Crippen LogP contribution in [0.4, 0.5) is 0 Å². The zero-order chi connectivity index (χ0) is 18.0. The third-order valence-electron chi connectivity index (χ3n) is 4.35. The van der Waals surface area contributed by atoms with E-state index in [1.54, 1.807) is 11.3 Å². The van der Waals surface area contributed by atoms with Crippen molar-refractivity contribution in [1.82, 2.24) is 15.2 Å². The van der Waals surface area contributed by atoms with Crippen LogP contribution in [0.25, 0.3) is 0 Å². The first-order valence-electron chi connectivity index (χ1n) is 8.56. The Bertz CT molecular complexity index is 761. The summed E-state index contributed by atoms with van der Waals surface area (Å²) in [7, 11) is 0. The van der Waals surface area contributed by atoms with Crippen molar-refractivity contribution in [3.63, 3.8) is 0 Å². The summed E-state index contributed by atoms with van der Waals surface area (Å²) in [5.41, 5.74) is 1.87. The van der Waals surface area contributed by atoms with Crippen LogP contribution >= 0.6 is 47.8 Å². The summed E-state index contributed by atoms with van der Waals surface area (Å²) in [5.74, 6) is 0.108. The van der Waals surface area contributed by atoms with Gasteiger partial charge in [0.25, 0.3) is 0 Å². The van der Waals surface area contributed by atoms with Gasteiger partial charge in [0.05, 0.1) is 23.2 Å². The lowest BCUT2D eigenvalue weighted by Gasteiger charge is -2.37. The zero-order valence-electron chi connectivity index (χ0n) is 15.7. The van der Waals surface area contributed by atoms with Crippen molar-refractivity contribution in [2.75, 3.05) is 19.6 Å². The van der Waals surface area contributed by atoms with E-state index in [-0.39, 0.29) is 42.2 Å². The van der Waals surface area contributed by atoms with Gasteiger partial charge in [-0.05, 0) is 11.6 Å². The van der Waals surface area contributed by atoms with Crippen LogP contribution in [0.3, 0.4) is 0 Å². The lowest BCUT2D eigenvalue weighted by molar-refractivity contribution is -0.133. The number of rotatable bonds is 3. The summed E-state index contributed by atoms with van der Waals surface area (Å²) in [6.45, 7) is 8.63. The summed E-state index contributed by atoms with van der Waals surface area (Å²) in [6.07, 6.45) is 0.341. The average molecular weight is 451 g/mol. The Balaban J connectivity index is 0.00000182. The Morgan fingerprint density at radius 1 is 1.33 bits per heavy atom. The van der Waals surface area contributed by atoms with Gasteiger partial charge < -0.3 is 10.2 Å². The second kappa shape index (κ2) is 10.1. The second-order valence-corrected chi connectivity index (χ2v) is 8.66. The molecule has 3 rings (SSSR count). The summed E-state index contributed by atoms with van der Waals surface area (Å²) in [5, 5.41) is 7.15. The smallest absolute Gasteiger partial charge is 0.229 e. The number of piperazine rings is 1. The van der Waals surface area contributed by atoms with E-state index in [1.807, 2.05) is 34.5 Å². The molecule has 1 amide bonds. The highest BCUT2D eigenvalue weighted by molar-refractivity contribution is 7.09. The van der Waals surface area contributed by atoms with E-state index in [2.05, 4.69) is 31.1 Å². The van der Waals surface area contributed by atoms with Gasteiger partial charge in [-0.25, -0.2) is 4.98 Å². The van der Waals surface area contributed by atoms with Gasteiger partial charge in [-0.1, -0.05) is 50.6 Å². The van der Waals surface area contributed by atoms with Crippen LogP contribution < -0.4 is 5.32 Å². The molecule has 0 bridgehead atoms. The Hall–Kier alpha value is -0.850. The van der Waals surface area contributed by atoms with Gasteiger partial charge in [0.15, 0.2) is 0 Å². The van der Waals surface area contributed by atoms with Crippen molar-refractivity contribution in [3.8, 4) is 0 Å². The minimum Gasteiger partial charge on any atom is -0.333 e. The number of aromatic nitrogens is 1. The lowest BCUT2D eigenvalue weighted by Crippen LogP contribution is -2.49. The van der Waals surface area contributed by atoms with Crippen LogP contribution in [-0.2, 0) is 16.6 Å². The normalized spacial score (nSPS) is 17.0. The van der Waals surface area contributed by atoms with E-state index in [1.165, 1.54) is 0 Å². The molecule has 4 nitrogen and oxygen atoms in total. The first-order valence-corrected chi connectivity index (χ1v) is 9.81. The molecule has 0 spiro atoms. The van der Waals surface area contributed by atoms with Gasteiger partial charge in [-0.15, -0.1) is 36.2 Å². The fourth-order valence-electron chi connectivity index (χ4n) is 3.02. The van der Waals surface area contributed by atoms with Crippen molar-refractivity contribution >= 4 is 53.7 Å². The van der Waals surface area contributed by atoms with E-state index in [0.29, 0.717) is 18.0 Å². The standard InChI is InChI=1S/C19H24ClN3OS.2ClH/c1-19(2,3)18-22-13(12-25-18)10-17(24)23-9-8-21-11-16(23)14-6-4-5-7-15(14)20;;/h4-7,12,16,21H,8-11H2,1-3H3;2*1H. The molecule has 1 fully saturated rings. The highest BCUT2D eigenvalue weighted by atomic mass is 35.5. The van der Waals surface area contributed by atoms with Crippen molar-refractivity contribution in [3.05, 3.63) is 50.9 Å². The molecule has 150 valence electrons. The SMILES string of the molecule is CC(C)(C)c1nc(CC(=O)N2CCNCC2c2ccccc2Cl)cs1.Cl.Cl. The van der Waals surface area contributed by atoms with Crippen LogP contribution in [0.1, 0.15) is 43.1 Å². The van der Waals surface area contributed by atoms with Crippen LogP contribution in [0.15, 0.2) is 29.6 Å². The van der Waals surface area contributed by atoms with Crippen LogP contribution in [0, 0.1) is 0 Å². The van der Waals surface area contributed by atoms with Gasteiger partial charge in [0.1, 0.15) is 0 Å². The number of carbonyl (C=O) groups is 1. The number of carbonyl (C=O) groups excluding carboxylic acids is 1. The summed E-state index contributed by atoms with van der Waals surface area (Å²) >= 11 is 7.99. The molecule has 1 atom stereocenters. The predicted octanol–water partition coefficient (Wildman–Crippen LogP) is 4.65. The van der Waals surface area contributed by atoms with Gasteiger partial charge in [0.2, 0.25) is 5.91 Å². The van der Waals surface area contributed by atoms with Crippen molar-refractivity contribution in [2.24, 2.45) is 0 Å². The number of halogens is 3. The molecule has 1 saturated heterocycles. The number of thiazole rings is 1. The molecule has 1 N–H and O–H groups in total. The highest BCUT2D eigenvalue weighted by Crippen LogP contribution is 2.30. The van der Waals surface area contributed by atoms with Gasteiger partial charge in [0, 0.05) is 35.5 Å². The first-order chi connectivity index (χ1) is 11.9. The molecule has 8 heteroatoms. The van der Waals surface area contributed by atoms with Crippen LogP contribution in [-0.4, -0.2) is 35.4 Å². The largest absolute Gasteiger partial charge is 0.333 e.